The van der Waals surface area contributed by atoms with E-state index in [1.165, 1.54) is 16.5 Å². The second-order valence-corrected chi connectivity index (χ2v) is 6.48. The van der Waals surface area contributed by atoms with Gasteiger partial charge in [-0.15, -0.1) is 0 Å². The summed E-state index contributed by atoms with van der Waals surface area (Å²) < 4.78 is 2.05. The highest BCUT2D eigenvalue weighted by atomic mass is 15.2. The van der Waals surface area contributed by atoms with Gasteiger partial charge < -0.3 is 20.0 Å². The monoisotopic (exact) mass is 360 g/mol. The lowest BCUT2D eigenvalue weighted by Gasteiger charge is -2.11. The zero-order chi connectivity index (χ0) is 18.5. The molecule has 0 atom stereocenters. The van der Waals surface area contributed by atoms with Crippen LogP contribution in [-0.2, 0) is 12.8 Å². The molecule has 6 heteroatoms. The average molecular weight is 360 g/mol. The van der Waals surface area contributed by atoms with Crippen molar-refractivity contribution in [1.82, 2.24) is 25.0 Å². The molecule has 0 saturated heterocycles. The summed E-state index contributed by atoms with van der Waals surface area (Å²) in [4.78, 5) is 12.2. The number of nitrogens with zero attached hydrogens (tertiary/aromatic N) is 3. The van der Waals surface area contributed by atoms with Crippen molar-refractivity contribution in [2.45, 2.75) is 12.8 Å². The van der Waals surface area contributed by atoms with E-state index >= 15 is 0 Å². The lowest BCUT2D eigenvalue weighted by Crippen LogP contribution is -2.39. The summed E-state index contributed by atoms with van der Waals surface area (Å²) in [6.07, 6.45) is 7.97. The van der Waals surface area contributed by atoms with Crippen LogP contribution in [0.5, 0.6) is 0 Å². The summed E-state index contributed by atoms with van der Waals surface area (Å²) in [6.45, 7) is 1.62. The minimum Gasteiger partial charge on any atom is -0.361 e. The number of fused-ring (bicyclic) bond motifs is 2. The van der Waals surface area contributed by atoms with E-state index in [9.17, 15) is 0 Å². The normalized spacial score (nSPS) is 12.0. The molecule has 6 nitrogen and oxygen atoms in total. The molecule has 4 aromatic rings. The van der Waals surface area contributed by atoms with E-state index in [-0.39, 0.29) is 0 Å². The van der Waals surface area contributed by atoms with Crippen LogP contribution in [0.3, 0.4) is 0 Å². The molecule has 0 bridgehead atoms. The van der Waals surface area contributed by atoms with Gasteiger partial charge in [-0.25, -0.2) is 4.98 Å². The maximum Gasteiger partial charge on any atom is 0.190 e. The number of guanidine groups is 1. The lowest BCUT2D eigenvalue weighted by molar-refractivity contribution is 0.779. The molecule has 0 aliphatic carbocycles. The van der Waals surface area contributed by atoms with Crippen molar-refractivity contribution in [3.05, 3.63) is 72.3 Å². The minimum absolute atomic E-state index is 0.788. The highest BCUT2D eigenvalue weighted by molar-refractivity contribution is 5.83. The lowest BCUT2D eigenvalue weighted by atomic mass is 10.1. The third kappa shape index (κ3) is 3.95. The number of aromatic amines is 1. The minimum atomic E-state index is 0.788. The molecule has 1 aromatic carbocycles. The molecular formula is C21H24N6. The SMILES string of the molecule is CN=C(NCCc1cn2ccccc2n1)NCCc1c[nH]c2ccccc12. The van der Waals surface area contributed by atoms with E-state index in [0.29, 0.717) is 0 Å². The molecule has 3 heterocycles. The maximum atomic E-state index is 4.62. The Morgan fingerprint density at radius 3 is 2.74 bits per heavy atom. The topological polar surface area (TPSA) is 69.5 Å². The van der Waals surface area contributed by atoms with Gasteiger partial charge in [0.25, 0.3) is 0 Å². The summed E-state index contributed by atoms with van der Waals surface area (Å²) in [5, 5.41) is 8.03. The molecule has 3 aromatic heterocycles. The van der Waals surface area contributed by atoms with Gasteiger partial charge in [0.05, 0.1) is 5.69 Å². The van der Waals surface area contributed by atoms with Gasteiger partial charge in [0, 0.05) is 56.1 Å². The van der Waals surface area contributed by atoms with Gasteiger partial charge in [0.1, 0.15) is 5.65 Å². The van der Waals surface area contributed by atoms with Crippen LogP contribution in [0.2, 0.25) is 0 Å². The van der Waals surface area contributed by atoms with Crippen LogP contribution in [0.25, 0.3) is 16.6 Å². The summed E-state index contributed by atoms with van der Waals surface area (Å²) in [7, 11) is 1.80. The molecule has 27 heavy (non-hydrogen) atoms. The quantitative estimate of drug-likeness (QED) is 0.366. The first kappa shape index (κ1) is 17.1. The van der Waals surface area contributed by atoms with Crippen LogP contribution in [0.4, 0.5) is 0 Å². The summed E-state index contributed by atoms with van der Waals surface area (Å²) in [6, 6.07) is 14.4. The van der Waals surface area contributed by atoms with E-state index in [1.807, 2.05) is 28.8 Å². The van der Waals surface area contributed by atoms with Gasteiger partial charge in [-0.2, -0.15) is 0 Å². The fourth-order valence-electron chi connectivity index (χ4n) is 3.29. The molecule has 4 rings (SSSR count). The van der Waals surface area contributed by atoms with Crippen LogP contribution >= 0.6 is 0 Å². The van der Waals surface area contributed by atoms with Crippen LogP contribution in [0.1, 0.15) is 11.3 Å². The number of benzene rings is 1. The number of nitrogens with one attached hydrogen (secondary N) is 3. The van der Waals surface area contributed by atoms with Gasteiger partial charge in [-0.05, 0) is 30.2 Å². The second kappa shape index (κ2) is 7.95. The Hall–Kier alpha value is -3.28. The van der Waals surface area contributed by atoms with Crippen molar-refractivity contribution in [1.29, 1.82) is 0 Å². The highest BCUT2D eigenvalue weighted by Gasteiger charge is 2.04. The largest absolute Gasteiger partial charge is 0.361 e. The van der Waals surface area contributed by atoms with E-state index in [0.717, 1.165) is 43.2 Å². The van der Waals surface area contributed by atoms with Crippen LogP contribution in [0, 0.1) is 0 Å². The molecule has 138 valence electrons. The standard InChI is InChI=1S/C21H24N6/c1-22-21(23-11-9-16-14-25-19-7-3-2-6-18(16)19)24-12-10-17-15-27-13-5-4-8-20(27)26-17/h2-8,13-15,25H,9-12H2,1H3,(H2,22,23,24). The van der Waals surface area contributed by atoms with E-state index in [4.69, 9.17) is 0 Å². The Morgan fingerprint density at radius 2 is 1.89 bits per heavy atom. The molecule has 0 fully saturated rings. The number of imidazole rings is 1. The third-order valence-corrected chi connectivity index (χ3v) is 4.67. The van der Waals surface area contributed by atoms with Gasteiger partial charge in [-0.3, -0.25) is 4.99 Å². The van der Waals surface area contributed by atoms with Gasteiger partial charge >= 0.3 is 0 Å². The predicted octanol–water partition coefficient (Wildman–Crippen LogP) is 2.77. The van der Waals surface area contributed by atoms with E-state index in [2.05, 4.69) is 62.3 Å². The number of rotatable bonds is 6. The number of aliphatic imine (C=N–C) groups is 1. The van der Waals surface area contributed by atoms with Crippen molar-refractivity contribution in [3.63, 3.8) is 0 Å². The number of para-hydroxylation sites is 1. The molecule has 0 radical (unpaired) electrons. The van der Waals surface area contributed by atoms with Crippen molar-refractivity contribution >= 4 is 22.5 Å². The Morgan fingerprint density at radius 1 is 1.07 bits per heavy atom. The number of H-pyrrole nitrogens is 1. The van der Waals surface area contributed by atoms with Crippen molar-refractivity contribution < 1.29 is 0 Å². The van der Waals surface area contributed by atoms with Gasteiger partial charge in [-0.1, -0.05) is 24.3 Å². The molecule has 0 aliphatic rings. The predicted molar refractivity (Wildman–Crippen MR) is 110 cm³/mol. The first-order valence-corrected chi connectivity index (χ1v) is 9.25. The number of pyridine rings is 1. The second-order valence-electron chi connectivity index (χ2n) is 6.48. The fourth-order valence-corrected chi connectivity index (χ4v) is 3.29. The smallest absolute Gasteiger partial charge is 0.190 e. The van der Waals surface area contributed by atoms with Crippen molar-refractivity contribution in [2.24, 2.45) is 4.99 Å². The summed E-state index contributed by atoms with van der Waals surface area (Å²) in [5.74, 6) is 0.818. The van der Waals surface area contributed by atoms with Gasteiger partial charge in [0.2, 0.25) is 0 Å². The van der Waals surface area contributed by atoms with E-state index < -0.39 is 0 Å². The highest BCUT2D eigenvalue weighted by Crippen LogP contribution is 2.17. The first-order chi connectivity index (χ1) is 13.3. The van der Waals surface area contributed by atoms with Crippen LogP contribution < -0.4 is 10.6 Å². The molecule has 0 spiro atoms. The zero-order valence-electron chi connectivity index (χ0n) is 15.4. The first-order valence-electron chi connectivity index (χ1n) is 9.25. The molecule has 0 aliphatic heterocycles. The Labute approximate surface area is 158 Å². The van der Waals surface area contributed by atoms with Crippen molar-refractivity contribution in [3.8, 4) is 0 Å². The molecule has 0 saturated carbocycles. The Bertz CT molecular complexity index is 1030. The Balaban J connectivity index is 1.25. The van der Waals surface area contributed by atoms with Gasteiger partial charge in [0.15, 0.2) is 5.96 Å². The molecule has 0 unspecified atom stereocenters. The zero-order valence-corrected chi connectivity index (χ0v) is 15.4. The summed E-state index contributed by atoms with van der Waals surface area (Å²) >= 11 is 0. The number of hydrogen-bond donors (Lipinski definition) is 3. The average Bonchev–Trinajstić information content (AvgIpc) is 3.30. The summed E-state index contributed by atoms with van der Waals surface area (Å²) in [5.41, 5.74) is 4.55. The maximum absolute atomic E-state index is 4.62. The van der Waals surface area contributed by atoms with Crippen LogP contribution in [0.15, 0.2) is 66.0 Å². The number of aromatic nitrogens is 3. The molecule has 3 N–H and O–H groups in total. The van der Waals surface area contributed by atoms with Crippen molar-refractivity contribution in [2.75, 3.05) is 20.1 Å². The fraction of sp³-hybridized carbons (Fsp3) is 0.238. The van der Waals surface area contributed by atoms with Crippen LogP contribution in [-0.4, -0.2) is 40.5 Å². The molecule has 0 amide bonds. The Kier molecular flexibility index (Phi) is 5.05. The molecular weight excluding hydrogens is 336 g/mol. The number of hydrogen-bond acceptors (Lipinski definition) is 2. The van der Waals surface area contributed by atoms with E-state index in [1.54, 1.807) is 7.05 Å². The third-order valence-electron chi connectivity index (χ3n) is 4.67.